The van der Waals surface area contributed by atoms with E-state index < -0.39 is 0 Å². The molecule has 1 aromatic heterocycles. The summed E-state index contributed by atoms with van der Waals surface area (Å²) in [5.74, 6) is 1.13. The Bertz CT molecular complexity index is 791. The standard InChI is InChI=1S/C23H31ClN4O2/c1-18(2)30-17-20(23(26-29-3)19-7-9-21(24)10-8-19)16-27-12-14-28(15-13-27)22-6-4-5-11-25-22/h4-11,18,20H,12-17H2,1-3H3/b26-23+. The number of piperazine rings is 1. The summed E-state index contributed by atoms with van der Waals surface area (Å²) in [5, 5.41) is 5.08. The summed E-state index contributed by atoms with van der Waals surface area (Å²) < 4.78 is 6.00. The van der Waals surface area contributed by atoms with E-state index in [1.165, 1.54) is 0 Å². The monoisotopic (exact) mass is 430 g/mol. The third-order valence-electron chi connectivity index (χ3n) is 5.17. The smallest absolute Gasteiger partial charge is 0.128 e. The van der Waals surface area contributed by atoms with Crippen molar-refractivity contribution in [2.45, 2.75) is 20.0 Å². The summed E-state index contributed by atoms with van der Waals surface area (Å²) in [7, 11) is 1.59. The SMILES string of the molecule is CO/N=C(\c1ccc(Cl)cc1)C(COC(C)C)CN1CCN(c2ccccn2)CC1. The molecule has 1 atom stereocenters. The predicted octanol–water partition coefficient (Wildman–Crippen LogP) is 3.95. The summed E-state index contributed by atoms with van der Waals surface area (Å²) in [4.78, 5) is 14.5. The van der Waals surface area contributed by atoms with Gasteiger partial charge in [-0.25, -0.2) is 4.98 Å². The largest absolute Gasteiger partial charge is 0.399 e. The Morgan fingerprint density at radius 2 is 1.83 bits per heavy atom. The molecule has 6 nitrogen and oxygen atoms in total. The molecule has 162 valence electrons. The predicted molar refractivity (Wildman–Crippen MR) is 122 cm³/mol. The molecule has 2 heterocycles. The highest BCUT2D eigenvalue weighted by Crippen LogP contribution is 2.19. The highest BCUT2D eigenvalue weighted by molar-refractivity contribution is 6.30. The van der Waals surface area contributed by atoms with Gasteiger partial charge in [-0.3, -0.25) is 4.90 Å². The minimum absolute atomic E-state index is 0.0925. The Morgan fingerprint density at radius 1 is 1.10 bits per heavy atom. The molecule has 1 aliphatic heterocycles. The van der Waals surface area contributed by atoms with Crippen LogP contribution >= 0.6 is 11.6 Å². The van der Waals surface area contributed by atoms with Gasteiger partial charge in [0.15, 0.2) is 0 Å². The quantitative estimate of drug-likeness (QED) is 0.445. The molecular weight excluding hydrogens is 400 g/mol. The van der Waals surface area contributed by atoms with Crippen LogP contribution in [0.4, 0.5) is 5.82 Å². The Hall–Kier alpha value is -2.15. The Kier molecular flexibility index (Phi) is 8.49. The first kappa shape index (κ1) is 22.5. The summed E-state index contributed by atoms with van der Waals surface area (Å²) in [6.45, 7) is 9.39. The first-order valence-corrected chi connectivity index (χ1v) is 10.8. The molecule has 3 rings (SSSR count). The molecule has 0 N–H and O–H groups in total. The highest BCUT2D eigenvalue weighted by Gasteiger charge is 2.26. The van der Waals surface area contributed by atoms with Crippen molar-refractivity contribution in [2.24, 2.45) is 11.1 Å². The van der Waals surface area contributed by atoms with E-state index in [9.17, 15) is 0 Å². The van der Waals surface area contributed by atoms with Gasteiger partial charge in [-0.05, 0) is 43.7 Å². The number of rotatable bonds is 9. The Morgan fingerprint density at radius 3 is 2.43 bits per heavy atom. The van der Waals surface area contributed by atoms with Gasteiger partial charge in [-0.2, -0.15) is 0 Å². The minimum Gasteiger partial charge on any atom is -0.399 e. The number of hydrogen-bond donors (Lipinski definition) is 0. The molecule has 0 amide bonds. The average Bonchev–Trinajstić information content (AvgIpc) is 2.77. The van der Waals surface area contributed by atoms with Gasteiger partial charge in [0, 0.05) is 49.9 Å². The maximum absolute atomic E-state index is 6.08. The summed E-state index contributed by atoms with van der Waals surface area (Å²) in [6.07, 6.45) is 2.00. The zero-order chi connectivity index (χ0) is 21.3. The van der Waals surface area contributed by atoms with Crippen molar-refractivity contribution in [3.05, 3.63) is 59.2 Å². The number of pyridine rings is 1. The van der Waals surface area contributed by atoms with Crippen LogP contribution in [0, 0.1) is 5.92 Å². The van der Waals surface area contributed by atoms with Crippen LogP contribution in [0.5, 0.6) is 0 Å². The maximum atomic E-state index is 6.08. The lowest BCUT2D eigenvalue weighted by Gasteiger charge is -2.37. The molecule has 1 unspecified atom stereocenters. The van der Waals surface area contributed by atoms with Crippen molar-refractivity contribution >= 4 is 23.1 Å². The molecular formula is C23H31ClN4O2. The molecule has 1 fully saturated rings. The van der Waals surface area contributed by atoms with Crippen molar-refractivity contribution in [2.75, 3.05) is 51.3 Å². The van der Waals surface area contributed by atoms with Crippen LogP contribution in [-0.4, -0.2) is 68.1 Å². The van der Waals surface area contributed by atoms with Crippen molar-refractivity contribution in [3.63, 3.8) is 0 Å². The number of halogens is 1. The fraction of sp³-hybridized carbons (Fsp3) is 0.478. The van der Waals surface area contributed by atoms with E-state index in [0.717, 1.165) is 49.8 Å². The lowest BCUT2D eigenvalue weighted by molar-refractivity contribution is 0.0547. The third kappa shape index (κ3) is 6.42. The second-order valence-corrected chi connectivity index (χ2v) is 8.16. The molecule has 0 spiro atoms. The molecule has 0 radical (unpaired) electrons. The summed E-state index contributed by atoms with van der Waals surface area (Å²) in [6, 6.07) is 13.8. The lowest BCUT2D eigenvalue weighted by Crippen LogP contribution is -2.49. The number of nitrogens with zero attached hydrogens (tertiary/aromatic N) is 4. The zero-order valence-electron chi connectivity index (χ0n) is 18.0. The Labute approximate surface area is 184 Å². The van der Waals surface area contributed by atoms with Crippen molar-refractivity contribution < 1.29 is 9.57 Å². The van der Waals surface area contributed by atoms with E-state index in [1.807, 2.05) is 42.6 Å². The minimum atomic E-state index is 0.0925. The first-order valence-electron chi connectivity index (χ1n) is 10.4. The van der Waals surface area contributed by atoms with Crippen LogP contribution in [0.2, 0.25) is 5.02 Å². The molecule has 0 aliphatic carbocycles. The lowest BCUT2D eigenvalue weighted by atomic mass is 9.96. The van der Waals surface area contributed by atoms with Crippen LogP contribution in [0.3, 0.4) is 0 Å². The van der Waals surface area contributed by atoms with E-state index in [-0.39, 0.29) is 12.0 Å². The first-order chi connectivity index (χ1) is 14.6. The van der Waals surface area contributed by atoms with Crippen molar-refractivity contribution in [3.8, 4) is 0 Å². The molecule has 2 aromatic rings. The molecule has 0 bridgehead atoms. The topological polar surface area (TPSA) is 50.2 Å². The second kappa shape index (κ2) is 11.3. The van der Waals surface area contributed by atoms with E-state index in [1.54, 1.807) is 7.11 Å². The number of aromatic nitrogens is 1. The van der Waals surface area contributed by atoms with E-state index in [0.29, 0.717) is 11.6 Å². The third-order valence-corrected chi connectivity index (χ3v) is 5.42. The van der Waals surface area contributed by atoms with E-state index in [2.05, 4.69) is 39.9 Å². The van der Waals surface area contributed by atoms with Gasteiger partial charge in [0.2, 0.25) is 0 Å². The summed E-state index contributed by atoms with van der Waals surface area (Å²) in [5.41, 5.74) is 1.90. The number of hydrogen-bond acceptors (Lipinski definition) is 6. The molecule has 1 aromatic carbocycles. The number of oxime groups is 1. The number of ether oxygens (including phenoxy) is 1. The van der Waals surface area contributed by atoms with Gasteiger partial charge in [0.1, 0.15) is 12.9 Å². The number of anilines is 1. The molecule has 7 heteroatoms. The van der Waals surface area contributed by atoms with Crippen LogP contribution in [0.1, 0.15) is 19.4 Å². The fourth-order valence-electron chi connectivity index (χ4n) is 3.62. The molecule has 1 saturated heterocycles. The van der Waals surface area contributed by atoms with Gasteiger partial charge in [-0.15, -0.1) is 0 Å². The van der Waals surface area contributed by atoms with Gasteiger partial charge >= 0.3 is 0 Å². The normalized spacial score (nSPS) is 16.7. The molecule has 30 heavy (non-hydrogen) atoms. The van der Waals surface area contributed by atoms with Crippen LogP contribution in [0.15, 0.2) is 53.8 Å². The van der Waals surface area contributed by atoms with Crippen molar-refractivity contribution in [1.82, 2.24) is 9.88 Å². The fourth-order valence-corrected chi connectivity index (χ4v) is 3.75. The van der Waals surface area contributed by atoms with E-state index in [4.69, 9.17) is 21.2 Å². The van der Waals surface area contributed by atoms with Crippen LogP contribution in [0.25, 0.3) is 0 Å². The van der Waals surface area contributed by atoms with Gasteiger partial charge in [0.05, 0.1) is 18.4 Å². The maximum Gasteiger partial charge on any atom is 0.128 e. The summed E-state index contributed by atoms with van der Waals surface area (Å²) >= 11 is 6.08. The van der Waals surface area contributed by atoms with Gasteiger partial charge < -0.3 is 14.5 Å². The molecule has 0 saturated carbocycles. The van der Waals surface area contributed by atoms with Crippen LogP contribution in [-0.2, 0) is 9.57 Å². The van der Waals surface area contributed by atoms with Crippen molar-refractivity contribution in [1.29, 1.82) is 0 Å². The second-order valence-electron chi connectivity index (χ2n) is 7.72. The van der Waals surface area contributed by atoms with Crippen LogP contribution < -0.4 is 4.90 Å². The number of benzene rings is 1. The zero-order valence-corrected chi connectivity index (χ0v) is 18.8. The van der Waals surface area contributed by atoms with E-state index >= 15 is 0 Å². The average molecular weight is 431 g/mol. The Balaban J connectivity index is 1.70. The van der Waals surface area contributed by atoms with Gasteiger partial charge in [0.25, 0.3) is 0 Å². The highest BCUT2D eigenvalue weighted by atomic mass is 35.5. The molecule has 1 aliphatic rings. The van der Waals surface area contributed by atoms with Gasteiger partial charge in [-0.1, -0.05) is 35.0 Å².